The monoisotopic (exact) mass is 385 g/mol. The summed E-state index contributed by atoms with van der Waals surface area (Å²) < 4.78 is 5.49. The van der Waals surface area contributed by atoms with E-state index in [1.165, 1.54) is 0 Å². The van der Waals surface area contributed by atoms with Crippen LogP contribution < -0.4 is 5.32 Å². The van der Waals surface area contributed by atoms with Crippen molar-refractivity contribution in [2.45, 2.75) is 18.9 Å². The molecule has 1 atom stereocenters. The summed E-state index contributed by atoms with van der Waals surface area (Å²) >= 11 is 1.65. The third-order valence-corrected chi connectivity index (χ3v) is 5.94. The molecule has 1 aromatic heterocycles. The van der Waals surface area contributed by atoms with Gasteiger partial charge in [-0.1, -0.05) is 24.3 Å². The van der Waals surface area contributed by atoms with Crippen LogP contribution in [0.25, 0.3) is 10.4 Å². The lowest BCUT2D eigenvalue weighted by Crippen LogP contribution is -2.53. The Kier molecular flexibility index (Phi) is 5.40. The second-order valence-electron chi connectivity index (χ2n) is 6.77. The van der Waals surface area contributed by atoms with Crippen LogP contribution in [0.5, 0.6) is 0 Å². The fraction of sp³-hybridized carbons (Fsp3) is 0.400. The van der Waals surface area contributed by atoms with E-state index in [-0.39, 0.29) is 18.0 Å². The highest BCUT2D eigenvalue weighted by Gasteiger charge is 2.31. The molecule has 1 aromatic carbocycles. The Balaban J connectivity index is 1.36. The van der Waals surface area contributed by atoms with Gasteiger partial charge in [0.25, 0.3) is 5.91 Å². The Bertz CT molecular complexity index is 795. The van der Waals surface area contributed by atoms with Crippen LogP contribution in [-0.2, 0) is 9.53 Å². The standard InChI is InChI=1S/C20H23N3O3S/c24-19(17-7-3-13-26-17)22-9-11-23(12-10-22)20(25)21-16-6-2-1-5-15(16)18-8-4-14-27-18/h1-2,4-6,8,14,17H,3,7,9-13H2,(H,21,25). The van der Waals surface area contributed by atoms with Crippen molar-refractivity contribution in [3.8, 4) is 10.4 Å². The van der Waals surface area contributed by atoms with Crippen molar-refractivity contribution in [3.05, 3.63) is 41.8 Å². The average molecular weight is 385 g/mol. The number of nitrogens with one attached hydrogen (secondary N) is 1. The number of piperazine rings is 1. The number of carbonyl (C=O) groups is 2. The quantitative estimate of drug-likeness (QED) is 0.882. The molecule has 3 heterocycles. The van der Waals surface area contributed by atoms with E-state index in [2.05, 4.69) is 5.32 Å². The van der Waals surface area contributed by atoms with Crippen molar-refractivity contribution < 1.29 is 14.3 Å². The fourth-order valence-corrected chi connectivity index (χ4v) is 4.30. The zero-order chi connectivity index (χ0) is 18.6. The lowest BCUT2D eigenvalue weighted by molar-refractivity contribution is -0.142. The maximum Gasteiger partial charge on any atom is 0.321 e. The molecule has 7 heteroatoms. The topological polar surface area (TPSA) is 61.9 Å². The maximum atomic E-state index is 12.7. The Morgan fingerprint density at radius 2 is 1.81 bits per heavy atom. The van der Waals surface area contributed by atoms with Crippen LogP contribution in [0.1, 0.15) is 12.8 Å². The molecular weight excluding hydrogens is 362 g/mol. The van der Waals surface area contributed by atoms with E-state index < -0.39 is 0 Å². The molecule has 2 fully saturated rings. The second-order valence-corrected chi connectivity index (χ2v) is 7.71. The van der Waals surface area contributed by atoms with Gasteiger partial charge < -0.3 is 19.9 Å². The van der Waals surface area contributed by atoms with E-state index in [9.17, 15) is 9.59 Å². The van der Waals surface area contributed by atoms with Crippen LogP contribution in [0.2, 0.25) is 0 Å². The van der Waals surface area contributed by atoms with Gasteiger partial charge in [-0.2, -0.15) is 0 Å². The van der Waals surface area contributed by atoms with E-state index >= 15 is 0 Å². The Hall–Kier alpha value is -2.38. The Labute approximate surface area is 162 Å². The molecule has 142 valence electrons. The van der Waals surface area contributed by atoms with Crippen LogP contribution in [0.4, 0.5) is 10.5 Å². The lowest BCUT2D eigenvalue weighted by atomic mass is 10.1. The molecule has 0 aliphatic carbocycles. The number of amides is 3. The number of ether oxygens (including phenoxy) is 1. The number of anilines is 1. The number of rotatable bonds is 3. The minimum atomic E-state index is -0.289. The molecule has 1 N–H and O–H groups in total. The molecule has 0 bridgehead atoms. The molecule has 0 spiro atoms. The van der Waals surface area contributed by atoms with Crippen molar-refractivity contribution in [1.82, 2.24) is 9.80 Å². The smallest absolute Gasteiger partial charge is 0.321 e. The van der Waals surface area contributed by atoms with Crippen molar-refractivity contribution in [1.29, 1.82) is 0 Å². The van der Waals surface area contributed by atoms with Crippen molar-refractivity contribution in [3.63, 3.8) is 0 Å². The van der Waals surface area contributed by atoms with Crippen LogP contribution in [-0.4, -0.2) is 60.6 Å². The summed E-state index contributed by atoms with van der Waals surface area (Å²) in [6.07, 6.45) is 1.46. The molecule has 1 unspecified atom stereocenters. The number of nitrogens with zero attached hydrogens (tertiary/aromatic N) is 2. The highest BCUT2D eigenvalue weighted by atomic mass is 32.1. The Morgan fingerprint density at radius 1 is 1.04 bits per heavy atom. The van der Waals surface area contributed by atoms with E-state index in [0.29, 0.717) is 32.8 Å². The molecule has 2 saturated heterocycles. The van der Waals surface area contributed by atoms with Crippen LogP contribution in [0.15, 0.2) is 41.8 Å². The summed E-state index contributed by atoms with van der Waals surface area (Å²) in [5.41, 5.74) is 1.83. The van der Waals surface area contributed by atoms with E-state index in [1.807, 2.05) is 46.7 Å². The molecule has 6 nitrogen and oxygen atoms in total. The first-order valence-electron chi connectivity index (χ1n) is 9.31. The van der Waals surface area contributed by atoms with Gasteiger partial charge in [-0.25, -0.2) is 4.79 Å². The fourth-order valence-electron chi connectivity index (χ4n) is 3.54. The molecule has 2 aromatic rings. The maximum absolute atomic E-state index is 12.7. The molecule has 27 heavy (non-hydrogen) atoms. The van der Waals surface area contributed by atoms with Gasteiger partial charge in [0.2, 0.25) is 0 Å². The van der Waals surface area contributed by atoms with Crippen molar-refractivity contribution in [2.75, 3.05) is 38.1 Å². The Morgan fingerprint density at radius 3 is 2.52 bits per heavy atom. The molecule has 0 saturated carbocycles. The lowest BCUT2D eigenvalue weighted by Gasteiger charge is -2.35. The van der Waals surface area contributed by atoms with E-state index in [1.54, 1.807) is 16.2 Å². The summed E-state index contributed by atoms with van der Waals surface area (Å²) in [7, 11) is 0. The molecular formula is C20H23N3O3S. The normalized spacial score (nSPS) is 19.9. The number of thiophene rings is 1. The minimum absolute atomic E-state index is 0.0654. The highest BCUT2D eigenvalue weighted by molar-refractivity contribution is 7.13. The number of benzene rings is 1. The van der Waals surface area contributed by atoms with E-state index in [0.717, 1.165) is 29.0 Å². The van der Waals surface area contributed by atoms with Gasteiger partial charge in [-0.15, -0.1) is 11.3 Å². The van der Waals surface area contributed by atoms with Gasteiger partial charge >= 0.3 is 6.03 Å². The zero-order valence-corrected chi connectivity index (χ0v) is 15.9. The van der Waals surface area contributed by atoms with Gasteiger partial charge in [0.1, 0.15) is 6.10 Å². The summed E-state index contributed by atoms with van der Waals surface area (Å²) in [6, 6.07) is 11.8. The van der Waals surface area contributed by atoms with Gasteiger partial charge in [-0.05, 0) is 30.4 Å². The summed E-state index contributed by atoms with van der Waals surface area (Å²) in [6.45, 7) is 2.84. The van der Waals surface area contributed by atoms with Gasteiger partial charge in [0.15, 0.2) is 0 Å². The van der Waals surface area contributed by atoms with Crippen LogP contribution >= 0.6 is 11.3 Å². The minimum Gasteiger partial charge on any atom is -0.368 e. The summed E-state index contributed by atoms with van der Waals surface area (Å²) in [4.78, 5) is 29.8. The number of urea groups is 1. The first-order valence-corrected chi connectivity index (χ1v) is 10.2. The third kappa shape index (κ3) is 3.99. The first-order chi connectivity index (χ1) is 13.2. The number of para-hydroxylation sites is 1. The van der Waals surface area contributed by atoms with Crippen LogP contribution in [0, 0.1) is 0 Å². The summed E-state index contributed by atoms with van der Waals surface area (Å²) in [5.74, 6) is 0.0654. The number of hydrogen-bond donors (Lipinski definition) is 1. The molecule has 4 rings (SSSR count). The number of carbonyl (C=O) groups excluding carboxylic acids is 2. The highest BCUT2D eigenvalue weighted by Crippen LogP contribution is 2.31. The predicted molar refractivity (Wildman–Crippen MR) is 106 cm³/mol. The predicted octanol–water partition coefficient (Wildman–Crippen LogP) is 3.27. The zero-order valence-electron chi connectivity index (χ0n) is 15.1. The molecule has 2 aliphatic rings. The van der Waals surface area contributed by atoms with Gasteiger partial charge in [0, 0.05) is 43.2 Å². The average Bonchev–Trinajstić information content (AvgIpc) is 3.42. The third-order valence-electron chi connectivity index (χ3n) is 5.04. The van der Waals surface area contributed by atoms with Crippen molar-refractivity contribution >= 4 is 29.0 Å². The molecule has 0 radical (unpaired) electrons. The van der Waals surface area contributed by atoms with Gasteiger partial charge in [0.05, 0.1) is 5.69 Å². The van der Waals surface area contributed by atoms with Crippen molar-refractivity contribution in [2.24, 2.45) is 0 Å². The molecule has 2 aliphatic heterocycles. The second kappa shape index (κ2) is 8.10. The number of hydrogen-bond acceptors (Lipinski definition) is 4. The summed E-state index contributed by atoms with van der Waals surface area (Å²) in [5, 5.41) is 5.06. The van der Waals surface area contributed by atoms with Crippen LogP contribution in [0.3, 0.4) is 0 Å². The van der Waals surface area contributed by atoms with Gasteiger partial charge in [-0.3, -0.25) is 4.79 Å². The SMILES string of the molecule is O=C(Nc1ccccc1-c1cccs1)N1CCN(C(=O)C2CCCO2)CC1. The first kappa shape index (κ1) is 18.0. The molecule has 3 amide bonds. The largest absolute Gasteiger partial charge is 0.368 e. The van der Waals surface area contributed by atoms with E-state index in [4.69, 9.17) is 4.74 Å².